The van der Waals surface area contributed by atoms with Crippen LogP contribution in [-0.2, 0) is 0 Å². The van der Waals surface area contributed by atoms with Crippen LogP contribution >= 0.6 is 0 Å². The van der Waals surface area contributed by atoms with Crippen LogP contribution in [0.1, 0.15) is 5.69 Å². The number of hydrogen-bond donors (Lipinski definition) is 3. The van der Waals surface area contributed by atoms with Gasteiger partial charge in [0.05, 0.1) is 17.4 Å². The summed E-state index contributed by atoms with van der Waals surface area (Å²) in [6.07, 6.45) is 4.65. The maximum Gasteiger partial charge on any atom is 0.124 e. The number of anilines is 1. The Morgan fingerprint density at radius 2 is 2.29 bits per heavy atom. The van der Waals surface area contributed by atoms with E-state index in [1.54, 1.807) is 25.5 Å². The molecule has 0 amide bonds. The Morgan fingerprint density at radius 3 is 3.00 bits per heavy atom. The third-order valence-corrected chi connectivity index (χ3v) is 2.35. The summed E-state index contributed by atoms with van der Waals surface area (Å²) < 4.78 is 0. The van der Waals surface area contributed by atoms with Crippen molar-refractivity contribution in [2.24, 2.45) is 0 Å². The molecule has 0 aromatic carbocycles. The van der Waals surface area contributed by atoms with Crippen molar-refractivity contribution in [1.29, 1.82) is 5.41 Å². The zero-order valence-electron chi connectivity index (χ0n) is 9.44. The molecule has 0 aliphatic heterocycles. The lowest BCUT2D eigenvalue weighted by Crippen LogP contribution is -1.99. The quantitative estimate of drug-likeness (QED) is 0.692. The van der Waals surface area contributed by atoms with Crippen molar-refractivity contribution in [3.05, 3.63) is 36.3 Å². The first kappa shape index (κ1) is 11.1. The van der Waals surface area contributed by atoms with Crippen LogP contribution in [0.2, 0.25) is 0 Å². The first-order chi connectivity index (χ1) is 8.24. The Kier molecular flexibility index (Phi) is 3.00. The Hall–Kier alpha value is -2.43. The molecule has 0 atom stereocenters. The van der Waals surface area contributed by atoms with Gasteiger partial charge in [-0.3, -0.25) is 4.98 Å². The predicted molar refractivity (Wildman–Crippen MR) is 69.8 cm³/mol. The third-order valence-electron chi connectivity index (χ3n) is 2.35. The van der Waals surface area contributed by atoms with Gasteiger partial charge in [0.1, 0.15) is 5.82 Å². The van der Waals surface area contributed by atoms with E-state index >= 15 is 0 Å². The maximum absolute atomic E-state index is 7.33. The van der Waals surface area contributed by atoms with Gasteiger partial charge >= 0.3 is 0 Å². The average molecular weight is 227 g/mol. The van der Waals surface area contributed by atoms with Gasteiger partial charge in [-0.15, -0.1) is 0 Å². The summed E-state index contributed by atoms with van der Waals surface area (Å²) in [5.41, 5.74) is 7.80. The molecule has 0 spiro atoms. The van der Waals surface area contributed by atoms with E-state index in [1.165, 1.54) is 6.21 Å². The van der Waals surface area contributed by atoms with Crippen LogP contribution in [0, 0.1) is 5.41 Å². The van der Waals surface area contributed by atoms with E-state index in [-0.39, 0.29) is 0 Å². The largest absolute Gasteiger partial charge is 0.393 e. The zero-order chi connectivity index (χ0) is 12.3. The van der Waals surface area contributed by atoms with Crippen LogP contribution in [0.5, 0.6) is 0 Å². The van der Waals surface area contributed by atoms with Gasteiger partial charge in [0.15, 0.2) is 0 Å². The second-order valence-electron chi connectivity index (χ2n) is 3.53. The number of nitrogens with zero attached hydrogens (tertiary/aromatic N) is 2. The molecule has 0 fully saturated rings. The van der Waals surface area contributed by atoms with E-state index in [2.05, 4.69) is 15.3 Å². The van der Waals surface area contributed by atoms with Gasteiger partial charge in [-0.05, 0) is 18.2 Å². The summed E-state index contributed by atoms with van der Waals surface area (Å²) in [5.74, 6) is 0.477. The van der Waals surface area contributed by atoms with Gasteiger partial charge in [-0.2, -0.15) is 0 Å². The van der Waals surface area contributed by atoms with Crippen LogP contribution < -0.4 is 11.1 Å². The van der Waals surface area contributed by atoms with Gasteiger partial charge in [0.2, 0.25) is 0 Å². The number of nitrogens with one attached hydrogen (secondary N) is 2. The molecule has 5 heteroatoms. The van der Waals surface area contributed by atoms with Gasteiger partial charge in [-0.25, -0.2) is 4.98 Å². The van der Waals surface area contributed by atoms with E-state index in [0.717, 1.165) is 16.6 Å². The first-order valence-corrected chi connectivity index (χ1v) is 5.15. The topological polar surface area (TPSA) is 87.7 Å². The number of nitrogen functional groups attached to an aromatic ring is 1. The minimum absolute atomic E-state index is 0.477. The zero-order valence-corrected chi connectivity index (χ0v) is 9.44. The molecule has 0 saturated carbocycles. The number of fused-ring (bicyclic) bond motifs is 1. The Bertz CT molecular complexity index is 588. The highest BCUT2D eigenvalue weighted by atomic mass is 14.8. The molecular weight excluding hydrogens is 214 g/mol. The molecule has 0 radical (unpaired) electrons. The monoisotopic (exact) mass is 227 g/mol. The number of aromatic nitrogens is 2. The molecule has 86 valence electrons. The first-order valence-electron chi connectivity index (χ1n) is 5.15. The number of rotatable bonds is 3. The van der Waals surface area contributed by atoms with Crippen molar-refractivity contribution in [3.8, 4) is 0 Å². The molecule has 0 aliphatic carbocycles. The number of nitrogens with two attached hydrogens (primary N) is 1. The lowest BCUT2D eigenvalue weighted by Gasteiger charge is -2.03. The van der Waals surface area contributed by atoms with Crippen molar-refractivity contribution in [2.45, 2.75) is 0 Å². The van der Waals surface area contributed by atoms with Crippen LogP contribution in [0.4, 0.5) is 5.82 Å². The van der Waals surface area contributed by atoms with Crippen molar-refractivity contribution < 1.29 is 0 Å². The summed E-state index contributed by atoms with van der Waals surface area (Å²) in [6, 6.07) is 5.53. The lowest BCUT2D eigenvalue weighted by atomic mass is 10.1. The molecule has 2 aromatic rings. The summed E-state index contributed by atoms with van der Waals surface area (Å²) in [5, 5.41) is 11.2. The molecule has 2 heterocycles. The molecule has 2 aromatic heterocycles. The van der Waals surface area contributed by atoms with Crippen LogP contribution in [-0.4, -0.2) is 23.2 Å². The smallest absolute Gasteiger partial charge is 0.124 e. The van der Waals surface area contributed by atoms with Gasteiger partial charge in [0.25, 0.3) is 0 Å². The minimum Gasteiger partial charge on any atom is -0.393 e. The van der Waals surface area contributed by atoms with Crippen LogP contribution in [0.25, 0.3) is 16.5 Å². The Balaban J connectivity index is 2.54. The van der Waals surface area contributed by atoms with Crippen molar-refractivity contribution in [1.82, 2.24) is 15.3 Å². The van der Waals surface area contributed by atoms with E-state index in [9.17, 15) is 0 Å². The molecule has 0 saturated heterocycles. The molecule has 2 rings (SSSR count). The average Bonchev–Trinajstić information content (AvgIpc) is 2.35. The van der Waals surface area contributed by atoms with E-state index in [1.807, 2.05) is 12.1 Å². The second kappa shape index (κ2) is 4.61. The van der Waals surface area contributed by atoms with Crippen molar-refractivity contribution >= 4 is 28.5 Å². The number of allylic oxidation sites excluding steroid dienone is 1. The standard InChI is InChI=1S/C12H13N5/c1-15-6-9(5-13)10-4-8-2-3-12(14)17-11(8)7-16-10/h2-7,13,15H,1H3,(H2,14,17)/b9-6+,13-5?. The summed E-state index contributed by atoms with van der Waals surface area (Å²) >= 11 is 0. The molecule has 0 bridgehead atoms. The van der Waals surface area contributed by atoms with Crippen molar-refractivity contribution in [2.75, 3.05) is 12.8 Å². The molecular formula is C12H13N5. The van der Waals surface area contributed by atoms with Crippen LogP contribution in [0.15, 0.2) is 30.6 Å². The highest BCUT2D eigenvalue weighted by molar-refractivity contribution is 6.08. The maximum atomic E-state index is 7.33. The van der Waals surface area contributed by atoms with Gasteiger partial charge in [-0.1, -0.05) is 0 Å². The fourth-order valence-corrected chi connectivity index (χ4v) is 1.55. The van der Waals surface area contributed by atoms with Crippen molar-refractivity contribution in [3.63, 3.8) is 0 Å². The molecule has 0 unspecified atom stereocenters. The molecule has 0 aliphatic rings. The second-order valence-corrected chi connectivity index (χ2v) is 3.53. The summed E-state index contributed by atoms with van der Waals surface area (Å²) in [6.45, 7) is 0. The number of pyridine rings is 2. The highest BCUT2D eigenvalue weighted by Crippen LogP contribution is 2.17. The van der Waals surface area contributed by atoms with E-state index in [0.29, 0.717) is 11.4 Å². The minimum atomic E-state index is 0.477. The summed E-state index contributed by atoms with van der Waals surface area (Å²) in [4.78, 5) is 8.43. The van der Waals surface area contributed by atoms with Crippen LogP contribution in [0.3, 0.4) is 0 Å². The fraction of sp³-hybridized carbons (Fsp3) is 0.0833. The Morgan fingerprint density at radius 1 is 1.47 bits per heavy atom. The third kappa shape index (κ3) is 2.23. The van der Waals surface area contributed by atoms with Gasteiger partial charge < -0.3 is 16.5 Å². The highest BCUT2D eigenvalue weighted by Gasteiger charge is 2.03. The fourth-order valence-electron chi connectivity index (χ4n) is 1.55. The molecule has 4 N–H and O–H groups in total. The molecule has 5 nitrogen and oxygen atoms in total. The normalized spacial score (nSPS) is 11.5. The number of hydrogen-bond acceptors (Lipinski definition) is 5. The van der Waals surface area contributed by atoms with E-state index in [4.69, 9.17) is 11.1 Å². The van der Waals surface area contributed by atoms with E-state index < -0.39 is 0 Å². The lowest BCUT2D eigenvalue weighted by molar-refractivity contribution is 1.10. The predicted octanol–water partition coefficient (Wildman–Crippen LogP) is 1.42. The Labute approximate surface area is 98.9 Å². The summed E-state index contributed by atoms with van der Waals surface area (Å²) in [7, 11) is 1.78. The molecule has 17 heavy (non-hydrogen) atoms. The SMILES string of the molecule is CN/C=C(\C=N)c1cc2ccc(N)nc2cn1. The van der Waals surface area contributed by atoms with Gasteiger partial charge in [0, 0.05) is 30.4 Å².